The lowest BCUT2D eigenvalue weighted by atomic mass is 9.94. The van der Waals surface area contributed by atoms with Gasteiger partial charge >= 0.3 is 0 Å². The Kier molecular flexibility index (Phi) is 5.68. The summed E-state index contributed by atoms with van der Waals surface area (Å²) in [6, 6.07) is 51.3. The number of aromatic nitrogens is 2. The average Bonchev–Trinajstić information content (AvgIpc) is 3.44. The Morgan fingerprint density at radius 2 is 0.927 bits per heavy atom. The van der Waals surface area contributed by atoms with Crippen LogP contribution in [0.1, 0.15) is 0 Å². The first-order valence-corrected chi connectivity index (χ1v) is 14.6. The predicted octanol–water partition coefficient (Wildman–Crippen LogP) is 10.7. The maximum absolute atomic E-state index is 5.12. The van der Waals surface area contributed by atoms with Crippen molar-refractivity contribution in [1.82, 2.24) is 9.97 Å². The molecule has 0 fully saturated rings. The minimum atomic E-state index is 0.891. The zero-order valence-electron chi connectivity index (χ0n) is 22.2. The summed E-state index contributed by atoms with van der Waals surface area (Å²) in [5.41, 5.74) is 10.5. The van der Waals surface area contributed by atoms with Gasteiger partial charge in [-0.1, -0.05) is 109 Å². The van der Waals surface area contributed by atoms with E-state index in [0.29, 0.717) is 0 Å². The third-order valence-electron chi connectivity index (χ3n) is 7.66. The molecule has 2 heterocycles. The molecule has 0 aliphatic rings. The first-order valence-electron chi connectivity index (χ1n) is 13.8. The van der Waals surface area contributed by atoms with Crippen molar-refractivity contribution in [3.05, 3.63) is 146 Å². The fourth-order valence-corrected chi connectivity index (χ4v) is 6.86. The molecule has 41 heavy (non-hydrogen) atoms. The van der Waals surface area contributed by atoms with Gasteiger partial charge in [0, 0.05) is 31.3 Å². The standard InChI is InChI=1S/C38H24N2S/c1-2-11-25(12-3-1)37-38(40-33-20-6-5-19-32(33)39-37)29-16-9-14-27(24-29)26-13-8-15-28(23-26)30-18-10-22-35-36(30)31-17-4-7-21-34(31)41-35/h1-24H. The van der Waals surface area contributed by atoms with Gasteiger partial charge in [0.2, 0.25) is 0 Å². The smallest absolute Gasteiger partial charge is 0.0973 e. The van der Waals surface area contributed by atoms with Crippen LogP contribution in [0.5, 0.6) is 0 Å². The van der Waals surface area contributed by atoms with E-state index in [0.717, 1.165) is 39.1 Å². The van der Waals surface area contributed by atoms with E-state index in [2.05, 4.69) is 115 Å². The van der Waals surface area contributed by atoms with Crippen molar-refractivity contribution in [1.29, 1.82) is 0 Å². The van der Waals surface area contributed by atoms with Crippen molar-refractivity contribution >= 4 is 42.5 Å². The Hall–Kier alpha value is -5.12. The third kappa shape index (κ3) is 4.19. The van der Waals surface area contributed by atoms with Crippen LogP contribution < -0.4 is 0 Å². The average molecular weight is 541 g/mol. The summed E-state index contributed by atoms with van der Waals surface area (Å²) < 4.78 is 2.64. The molecule has 0 atom stereocenters. The van der Waals surface area contributed by atoms with Gasteiger partial charge in [-0.15, -0.1) is 11.3 Å². The Balaban J connectivity index is 1.27. The summed E-state index contributed by atoms with van der Waals surface area (Å²) >= 11 is 1.86. The van der Waals surface area contributed by atoms with Crippen molar-refractivity contribution < 1.29 is 0 Å². The van der Waals surface area contributed by atoms with Gasteiger partial charge < -0.3 is 0 Å². The molecule has 3 heteroatoms. The zero-order valence-corrected chi connectivity index (χ0v) is 23.0. The van der Waals surface area contributed by atoms with Gasteiger partial charge in [-0.2, -0.15) is 0 Å². The molecule has 2 aromatic heterocycles. The van der Waals surface area contributed by atoms with E-state index in [4.69, 9.17) is 9.97 Å². The van der Waals surface area contributed by atoms with E-state index in [1.54, 1.807) is 0 Å². The van der Waals surface area contributed by atoms with E-state index >= 15 is 0 Å². The lowest BCUT2D eigenvalue weighted by molar-refractivity contribution is 1.29. The van der Waals surface area contributed by atoms with Crippen LogP contribution in [0.4, 0.5) is 0 Å². The summed E-state index contributed by atoms with van der Waals surface area (Å²) in [5.74, 6) is 0. The molecule has 0 aliphatic carbocycles. The van der Waals surface area contributed by atoms with Crippen LogP contribution in [-0.2, 0) is 0 Å². The number of para-hydroxylation sites is 2. The lowest BCUT2D eigenvalue weighted by Crippen LogP contribution is -1.95. The molecule has 6 aromatic carbocycles. The number of hydrogen-bond acceptors (Lipinski definition) is 3. The molecule has 0 aliphatic heterocycles. The minimum Gasteiger partial charge on any atom is -0.244 e. The molecule has 0 bridgehead atoms. The second-order valence-corrected chi connectivity index (χ2v) is 11.3. The first-order chi connectivity index (χ1) is 20.3. The van der Waals surface area contributed by atoms with Gasteiger partial charge in [-0.3, -0.25) is 0 Å². The minimum absolute atomic E-state index is 0.891. The van der Waals surface area contributed by atoms with Gasteiger partial charge in [0.15, 0.2) is 0 Å². The Morgan fingerprint density at radius 3 is 1.71 bits per heavy atom. The van der Waals surface area contributed by atoms with E-state index in [9.17, 15) is 0 Å². The SMILES string of the molecule is c1ccc(-c2nc3ccccc3nc2-c2cccc(-c3cccc(-c4cccc5sc6ccccc6c45)c3)c2)cc1. The fourth-order valence-electron chi connectivity index (χ4n) is 5.73. The van der Waals surface area contributed by atoms with Crippen LogP contribution in [0.3, 0.4) is 0 Å². The van der Waals surface area contributed by atoms with Crippen LogP contribution in [-0.4, -0.2) is 9.97 Å². The maximum atomic E-state index is 5.12. The van der Waals surface area contributed by atoms with Crippen LogP contribution >= 0.6 is 11.3 Å². The summed E-state index contributed by atoms with van der Waals surface area (Å²) in [6.07, 6.45) is 0. The van der Waals surface area contributed by atoms with E-state index in [-0.39, 0.29) is 0 Å². The van der Waals surface area contributed by atoms with E-state index in [1.807, 2.05) is 41.7 Å². The largest absolute Gasteiger partial charge is 0.244 e. The van der Waals surface area contributed by atoms with E-state index in [1.165, 1.54) is 36.9 Å². The van der Waals surface area contributed by atoms with Crippen molar-refractivity contribution in [2.45, 2.75) is 0 Å². The number of hydrogen-bond donors (Lipinski definition) is 0. The highest BCUT2D eigenvalue weighted by Crippen LogP contribution is 2.41. The van der Waals surface area contributed by atoms with Crippen molar-refractivity contribution in [2.24, 2.45) is 0 Å². The molecule has 192 valence electrons. The monoisotopic (exact) mass is 540 g/mol. The summed E-state index contributed by atoms with van der Waals surface area (Å²) in [7, 11) is 0. The van der Waals surface area contributed by atoms with Gasteiger partial charge in [0.1, 0.15) is 0 Å². The summed E-state index contributed by atoms with van der Waals surface area (Å²) in [4.78, 5) is 10.2. The van der Waals surface area contributed by atoms with Crippen molar-refractivity contribution in [3.63, 3.8) is 0 Å². The van der Waals surface area contributed by atoms with Crippen molar-refractivity contribution in [2.75, 3.05) is 0 Å². The van der Waals surface area contributed by atoms with Gasteiger partial charge in [0.25, 0.3) is 0 Å². The van der Waals surface area contributed by atoms with E-state index < -0.39 is 0 Å². The Bertz CT molecular complexity index is 2210. The summed E-state index contributed by atoms with van der Waals surface area (Å²) in [5, 5.41) is 2.65. The molecule has 8 aromatic rings. The molecule has 2 nitrogen and oxygen atoms in total. The zero-order chi connectivity index (χ0) is 27.2. The van der Waals surface area contributed by atoms with Crippen LogP contribution in [0, 0.1) is 0 Å². The van der Waals surface area contributed by atoms with Gasteiger partial charge in [0.05, 0.1) is 22.4 Å². The highest BCUT2D eigenvalue weighted by molar-refractivity contribution is 7.25. The molecule has 8 rings (SSSR count). The Morgan fingerprint density at radius 1 is 0.390 bits per heavy atom. The number of nitrogens with zero attached hydrogens (tertiary/aromatic N) is 2. The van der Waals surface area contributed by atoms with Gasteiger partial charge in [-0.05, 0) is 58.7 Å². The quantitative estimate of drug-likeness (QED) is 0.222. The van der Waals surface area contributed by atoms with Crippen LogP contribution in [0.15, 0.2) is 146 Å². The Labute approximate surface area is 242 Å². The molecule has 0 spiro atoms. The first kappa shape index (κ1) is 23.7. The molecule has 0 radical (unpaired) electrons. The summed E-state index contributed by atoms with van der Waals surface area (Å²) in [6.45, 7) is 0. The number of rotatable bonds is 4. The number of thiophene rings is 1. The molecular formula is C38H24N2S. The molecule has 0 amide bonds. The number of benzene rings is 6. The third-order valence-corrected chi connectivity index (χ3v) is 8.80. The highest BCUT2D eigenvalue weighted by atomic mass is 32.1. The molecule has 0 saturated carbocycles. The topological polar surface area (TPSA) is 25.8 Å². The van der Waals surface area contributed by atoms with Gasteiger partial charge in [-0.25, -0.2) is 9.97 Å². The second-order valence-electron chi connectivity index (χ2n) is 10.2. The molecule has 0 unspecified atom stereocenters. The second kappa shape index (κ2) is 9.81. The van der Waals surface area contributed by atoms with Crippen molar-refractivity contribution in [3.8, 4) is 44.8 Å². The molecule has 0 N–H and O–H groups in total. The lowest BCUT2D eigenvalue weighted by Gasteiger charge is -2.12. The highest BCUT2D eigenvalue weighted by Gasteiger charge is 2.15. The fraction of sp³-hybridized carbons (Fsp3) is 0. The normalized spacial score (nSPS) is 11.4. The van der Waals surface area contributed by atoms with Crippen LogP contribution in [0.2, 0.25) is 0 Å². The molecular weight excluding hydrogens is 516 g/mol. The van der Waals surface area contributed by atoms with Crippen LogP contribution in [0.25, 0.3) is 76.0 Å². The maximum Gasteiger partial charge on any atom is 0.0973 e. The predicted molar refractivity (Wildman–Crippen MR) is 174 cm³/mol. The molecule has 0 saturated heterocycles. The number of fused-ring (bicyclic) bond motifs is 4.